The molecular weight excluding hydrogens is 660 g/mol. The van der Waals surface area contributed by atoms with Crippen molar-refractivity contribution in [3.05, 3.63) is 95.4 Å². The number of anilines is 2. The number of imidazole rings is 1. The van der Waals surface area contributed by atoms with Crippen molar-refractivity contribution in [1.82, 2.24) is 19.6 Å². The highest BCUT2D eigenvalue weighted by Crippen LogP contribution is 2.47. The van der Waals surface area contributed by atoms with E-state index in [0.29, 0.717) is 55.0 Å². The number of pyridine rings is 1. The summed E-state index contributed by atoms with van der Waals surface area (Å²) in [4.78, 5) is 35.5. The number of fused-ring (bicyclic) bond motifs is 4. The summed E-state index contributed by atoms with van der Waals surface area (Å²) in [6.45, 7) is 5.59. The number of carbonyl (C=O) groups excluding carboxylic acids is 2. The zero-order chi connectivity index (χ0) is 35.2. The first-order valence-electron chi connectivity index (χ1n) is 16.5. The smallest absolute Gasteiger partial charge is 0.278 e. The topological polar surface area (TPSA) is 141 Å². The van der Waals surface area contributed by atoms with Crippen LogP contribution < -0.4 is 20.3 Å². The van der Waals surface area contributed by atoms with Gasteiger partial charge in [0.15, 0.2) is 0 Å². The molecule has 2 aromatic heterocycles. The lowest BCUT2D eigenvalue weighted by molar-refractivity contribution is 0.0524. The van der Waals surface area contributed by atoms with E-state index in [2.05, 4.69) is 33.5 Å². The van der Waals surface area contributed by atoms with Crippen molar-refractivity contribution in [3.8, 4) is 11.5 Å². The summed E-state index contributed by atoms with van der Waals surface area (Å²) in [5.74, 6) is 0.372. The Morgan fingerprint density at radius 3 is 2.66 bits per heavy atom. The number of halogens is 1. The fourth-order valence-electron chi connectivity index (χ4n) is 6.28. The van der Waals surface area contributed by atoms with Crippen molar-refractivity contribution in [2.45, 2.75) is 12.8 Å². The van der Waals surface area contributed by atoms with Crippen LogP contribution >= 0.6 is 11.6 Å². The van der Waals surface area contributed by atoms with Gasteiger partial charge in [-0.25, -0.2) is 4.98 Å². The summed E-state index contributed by atoms with van der Waals surface area (Å²) < 4.78 is 13.7. The molecule has 13 heteroatoms. The molecule has 4 N–H and O–H groups in total. The second-order valence-corrected chi connectivity index (χ2v) is 12.5. The number of alkyl halides is 1. The summed E-state index contributed by atoms with van der Waals surface area (Å²) in [6.07, 6.45) is 3.36. The van der Waals surface area contributed by atoms with Crippen molar-refractivity contribution in [3.63, 3.8) is 0 Å². The van der Waals surface area contributed by atoms with Crippen LogP contribution in [0.1, 0.15) is 37.9 Å². The van der Waals surface area contributed by atoms with Crippen LogP contribution in [-0.4, -0.2) is 102 Å². The number of rotatable bonds is 15. The number of aliphatic hydroxyl groups excluding tert-OH is 1. The van der Waals surface area contributed by atoms with Crippen molar-refractivity contribution < 1.29 is 29.3 Å². The van der Waals surface area contributed by atoms with Crippen LogP contribution in [0.15, 0.2) is 73.1 Å². The molecular formula is C37H41ClN6O6. The Bertz CT molecular complexity index is 1980. The number of nitrogens with zero attached hydrogens (tertiary/aromatic N) is 4. The fourth-order valence-corrected chi connectivity index (χ4v) is 6.53. The molecule has 5 aromatic rings. The molecule has 0 unspecified atom stereocenters. The quantitative estimate of drug-likeness (QED) is 0.0701. The predicted molar refractivity (Wildman–Crippen MR) is 194 cm³/mol. The van der Waals surface area contributed by atoms with E-state index in [0.717, 1.165) is 40.7 Å². The van der Waals surface area contributed by atoms with E-state index in [-0.39, 0.29) is 42.4 Å². The normalized spacial score (nSPS) is 14.1. The molecule has 0 bridgehead atoms. The molecule has 12 nitrogen and oxygen atoms in total. The van der Waals surface area contributed by atoms with Crippen LogP contribution in [0.25, 0.3) is 16.4 Å². The molecule has 1 aliphatic rings. The summed E-state index contributed by atoms with van der Waals surface area (Å²) in [7, 11) is 1.90. The lowest BCUT2D eigenvalue weighted by Crippen LogP contribution is -2.36. The molecule has 6 rings (SSSR count). The van der Waals surface area contributed by atoms with E-state index >= 15 is 0 Å². The van der Waals surface area contributed by atoms with E-state index in [1.165, 1.54) is 24.3 Å². The number of amides is 2. The van der Waals surface area contributed by atoms with Crippen LogP contribution in [0.2, 0.25) is 0 Å². The number of carbonyl (C=O) groups is 2. The van der Waals surface area contributed by atoms with Crippen molar-refractivity contribution >= 4 is 51.2 Å². The molecule has 3 heterocycles. The molecule has 0 fully saturated rings. The maximum atomic E-state index is 14.2. The molecule has 0 saturated heterocycles. The number of hydrogen-bond acceptors (Lipinski definition) is 9. The van der Waals surface area contributed by atoms with Crippen molar-refractivity contribution in [2.75, 3.05) is 75.9 Å². The minimum Gasteiger partial charge on any atom is -0.508 e. The van der Waals surface area contributed by atoms with E-state index in [4.69, 9.17) is 26.2 Å². The van der Waals surface area contributed by atoms with Gasteiger partial charge in [-0.3, -0.25) is 14.5 Å². The van der Waals surface area contributed by atoms with Gasteiger partial charge in [0.1, 0.15) is 29.6 Å². The third-order valence-electron chi connectivity index (χ3n) is 8.81. The van der Waals surface area contributed by atoms with E-state index in [1.54, 1.807) is 33.8 Å². The van der Waals surface area contributed by atoms with Crippen LogP contribution in [0, 0.1) is 6.92 Å². The summed E-state index contributed by atoms with van der Waals surface area (Å²) in [5.41, 5.74) is 4.54. The molecule has 1 aliphatic heterocycles. The van der Waals surface area contributed by atoms with Crippen molar-refractivity contribution in [2.24, 2.45) is 0 Å². The average molecular weight is 701 g/mol. The van der Waals surface area contributed by atoms with Crippen LogP contribution in [0.3, 0.4) is 0 Å². The molecule has 2 amide bonds. The van der Waals surface area contributed by atoms with E-state index in [1.807, 2.05) is 25.2 Å². The molecule has 0 radical (unpaired) electrons. The zero-order valence-electron chi connectivity index (χ0n) is 28.1. The second kappa shape index (κ2) is 15.9. The molecule has 3 aromatic carbocycles. The van der Waals surface area contributed by atoms with Crippen LogP contribution in [0.5, 0.6) is 11.5 Å². The number of aliphatic hydroxyl groups is 1. The molecule has 1 atom stereocenters. The fraction of sp³-hybridized carbons (Fsp3) is 0.324. The Morgan fingerprint density at radius 1 is 1.08 bits per heavy atom. The van der Waals surface area contributed by atoms with Gasteiger partial charge in [-0.15, -0.1) is 11.6 Å². The van der Waals surface area contributed by atoms with Gasteiger partial charge in [0.25, 0.3) is 11.8 Å². The number of aryl methyl sites for hydroxylation is 1. The summed E-state index contributed by atoms with van der Waals surface area (Å²) >= 11 is 6.57. The lowest BCUT2D eigenvalue weighted by atomic mass is 9.92. The number of likely N-dealkylation sites (N-methyl/N-ethyl adjacent to an activating group) is 1. The van der Waals surface area contributed by atoms with E-state index < -0.39 is 0 Å². The minimum absolute atomic E-state index is 0.0255. The van der Waals surface area contributed by atoms with Gasteiger partial charge in [0, 0.05) is 67.4 Å². The number of phenolic OH excluding ortho intramolecular Hbond substituents is 1. The molecule has 50 heavy (non-hydrogen) atoms. The largest absolute Gasteiger partial charge is 0.508 e. The number of aromatic hydroxyl groups is 1. The van der Waals surface area contributed by atoms with E-state index in [9.17, 15) is 14.7 Å². The second-order valence-electron chi connectivity index (χ2n) is 12.2. The first kappa shape index (κ1) is 35.1. The SMILES string of the molecule is CNCCN(CCOCCO)COc1cc2c(c3c(C)cccc13)[C@H](CCl)CN2C(=O)c1cn2cc(NC(=O)c3ccc(O)cc3)ccc2n1. The zero-order valence-corrected chi connectivity index (χ0v) is 28.8. The number of ether oxygens (including phenoxy) is 2. The van der Waals surface area contributed by atoms with Crippen LogP contribution in [0.4, 0.5) is 11.4 Å². The van der Waals surface area contributed by atoms with Gasteiger partial charge in [-0.1, -0.05) is 18.2 Å². The number of phenols is 1. The van der Waals surface area contributed by atoms with Gasteiger partial charge < -0.3 is 39.6 Å². The van der Waals surface area contributed by atoms with Gasteiger partial charge in [0.05, 0.1) is 31.2 Å². The third kappa shape index (κ3) is 7.54. The van der Waals surface area contributed by atoms with Crippen LogP contribution in [-0.2, 0) is 4.74 Å². The van der Waals surface area contributed by atoms with Gasteiger partial charge in [0.2, 0.25) is 0 Å². The Labute approximate surface area is 295 Å². The first-order valence-corrected chi connectivity index (χ1v) is 17.1. The maximum absolute atomic E-state index is 14.2. The first-order chi connectivity index (χ1) is 24.3. The summed E-state index contributed by atoms with van der Waals surface area (Å²) in [6, 6.07) is 17.5. The van der Waals surface area contributed by atoms with Gasteiger partial charge in [-0.05, 0) is 66.9 Å². The number of benzene rings is 3. The minimum atomic E-state index is -0.331. The van der Waals surface area contributed by atoms with Gasteiger partial charge in [-0.2, -0.15) is 0 Å². The average Bonchev–Trinajstić information content (AvgIpc) is 3.72. The van der Waals surface area contributed by atoms with Gasteiger partial charge >= 0.3 is 0 Å². The molecule has 0 aliphatic carbocycles. The third-order valence-corrected chi connectivity index (χ3v) is 9.18. The Morgan fingerprint density at radius 2 is 1.90 bits per heavy atom. The number of aromatic nitrogens is 2. The Balaban J connectivity index is 1.28. The lowest BCUT2D eigenvalue weighted by Gasteiger charge is -2.24. The highest BCUT2D eigenvalue weighted by Gasteiger charge is 2.36. The molecule has 262 valence electrons. The summed E-state index contributed by atoms with van der Waals surface area (Å²) in [5, 5.41) is 26.6. The number of hydrogen-bond donors (Lipinski definition) is 4. The standard InChI is InChI=1S/C37H41ClN6O6/c1-24-4-3-5-29-32(50-23-42(13-12-39-2)14-16-49-17-15-45)18-31-35(34(24)29)26(19-38)20-44(31)37(48)30-22-43-21-27(8-11-33(43)41-30)40-36(47)25-6-9-28(46)10-7-25/h3-11,18,21-22,26,39,45-46H,12-17,19-20,23H2,1-2H3,(H,40,47)/t26-/m1/s1. The maximum Gasteiger partial charge on any atom is 0.278 e. The highest BCUT2D eigenvalue weighted by atomic mass is 35.5. The highest BCUT2D eigenvalue weighted by molar-refractivity contribution is 6.19. The number of nitrogens with one attached hydrogen (secondary N) is 2. The van der Waals surface area contributed by atoms with Crippen molar-refractivity contribution in [1.29, 1.82) is 0 Å². The monoisotopic (exact) mass is 700 g/mol. The predicted octanol–water partition coefficient (Wildman–Crippen LogP) is 4.60. The Hall–Kier alpha value is -4.72. The Kier molecular flexibility index (Phi) is 11.2. The molecule has 0 spiro atoms. The molecule has 0 saturated carbocycles.